The molecule has 2 rings (SSSR count). The zero-order chi connectivity index (χ0) is 14.5. The highest BCUT2D eigenvalue weighted by molar-refractivity contribution is 6.30. The summed E-state index contributed by atoms with van der Waals surface area (Å²) in [6.07, 6.45) is 2.12. The second-order valence-electron chi connectivity index (χ2n) is 4.33. The van der Waals surface area contributed by atoms with Crippen molar-refractivity contribution in [2.75, 3.05) is 25.0 Å². The number of halogens is 1. The first-order chi connectivity index (χ1) is 9.63. The minimum absolute atomic E-state index is 0.134. The average Bonchev–Trinajstić information content (AvgIpc) is 2.82. The van der Waals surface area contributed by atoms with Gasteiger partial charge in [0.1, 0.15) is 0 Å². The molecule has 1 amide bonds. The first-order valence-electron chi connectivity index (χ1n) is 6.67. The van der Waals surface area contributed by atoms with Gasteiger partial charge in [-0.1, -0.05) is 11.6 Å². The molecule has 0 saturated heterocycles. The van der Waals surface area contributed by atoms with E-state index in [0.717, 1.165) is 13.1 Å². The quantitative estimate of drug-likeness (QED) is 0.886. The Morgan fingerprint density at radius 1 is 1.40 bits per heavy atom. The predicted octanol–water partition coefficient (Wildman–Crippen LogP) is 2.05. The Kier molecular flexibility index (Phi) is 4.79. The third kappa shape index (κ3) is 3.39. The van der Waals surface area contributed by atoms with Crippen LogP contribution < -0.4 is 5.32 Å². The molecule has 0 bridgehead atoms. The van der Waals surface area contributed by atoms with Crippen molar-refractivity contribution in [1.29, 1.82) is 0 Å². The van der Waals surface area contributed by atoms with Gasteiger partial charge in [-0.25, -0.2) is 4.52 Å². The van der Waals surface area contributed by atoms with E-state index < -0.39 is 0 Å². The van der Waals surface area contributed by atoms with E-state index in [9.17, 15) is 4.79 Å². The Morgan fingerprint density at radius 3 is 2.85 bits per heavy atom. The van der Waals surface area contributed by atoms with Crippen LogP contribution in [0, 0.1) is 0 Å². The molecule has 1 N–H and O–H groups in total. The van der Waals surface area contributed by atoms with Gasteiger partial charge in [-0.15, -0.1) is 5.10 Å². The summed E-state index contributed by atoms with van der Waals surface area (Å²) in [4.78, 5) is 17.9. The number of hydrogen-bond acceptors (Lipinski definition) is 4. The van der Waals surface area contributed by atoms with Crippen molar-refractivity contribution in [3.05, 3.63) is 23.4 Å². The number of anilines is 1. The molecule has 0 unspecified atom stereocenters. The topological polar surface area (TPSA) is 62.5 Å². The minimum atomic E-state index is 0.134. The Bertz CT molecular complexity index is 593. The van der Waals surface area contributed by atoms with Crippen molar-refractivity contribution in [1.82, 2.24) is 19.5 Å². The molecular weight excluding hydrogens is 278 g/mol. The summed E-state index contributed by atoms with van der Waals surface area (Å²) < 4.78 is 1.61. The number of nitrogens with one attached hydrogen (secondary N) is 1. The average molecular weight is 296 g/mol. The Hall–Kier alpha value is -1.82. The fourth-order valence-electron chi connectivity index (χ4n) is 1.95. The van der Waals surface area contributed by atoms with Gasteiger partial charge in [-0.2, -0.15) is 4.98 Å². The first-order valence-corrected chi connectivity index (χ1v) is 7.05. The van der Waals surface area contributed by atoms with Gasteiger partial charge in [0, 0.05) is 32.3 Å². The number of fused-ring (bicyclic) bond motifs is 1. The van der Waals surface area contributed by atoms with E-state index >= 15 is 0 Å². The lowest BCUT2D eigenvalue weighted by Gasteiger charge is -2.18. The molecule has 0 saturated carbocycles. The number of hydrogen-bond donors (Lipinski definition) is 1. The highest BCUT2D eigenvalue weighted by Crippen LogP contribution is 2.11. The van der Waals surface area contributed by atoms with Gasteiger partial charge in [-0.05, 0) is 26.0 Å². The molecule has 0 aromatic carbocycles. The SMILES string of the molecule is CCN(CC)C(=O)CCNc1nc2ccc(Cl)cn2n1. The molecule has 0 aliphatic rings. The normalized spacial score (nSPS) is 10.8. The summed E-state index contributed by atoms with van der Waals surface area (Å²) in [5, 5.41) is 7.90. The van der Waals surface area contributed by atoms with E-state index in [0.29, 0.717) is 29.6 Å². The molecule has 2 aromatic heterocycles. The van der Waals surface area contributed by atoms with E-state index in [1.54, 1.807) is 27.7 Å². The molecule has 2 heterocycles. The van der Waals surface area contributed by atoms with Crippen molar-refractivity contribution in [3.8, 4) is 0 Å². The molecule has 6 nitrogen and oxygen atoms in total. The Labute approximate surface area is 122 Å². The maximum Gasteiger partial charge on any atom is 0.243 e. The van der Waals surface area contributed by atoms with E-state index in [-0.39, 0.29) is 5.91 Å². The molecule has 2 aromatic rings. The third-order valence-corrected chi connectivity index (χ3v) is 3.26. The molecule has 0 atom stereocenters. The van der Waals surface area contributed by atoms with Gasteiger partial charge >= 0.3 is 0 Å². The van der Waals surface area contributed by atoms with Gasteiger partial charge in [0.25, 0.3) is 0 Å². The maximum absolute atomic E-state index is 11.8. The van der Waals surface area contributed by atoms with Gasteiger partial charge < -0.3 is 10.2 Å². The van der Waals surface area contributed by atoms with Crippen molar-refractivity contribution in [2.24, 2.45) is 0 Å². The lowest BCUT2D eigenvalue weighted by atomic mass is 10.3. The standard InChI is InChI=1S/C13H18ClN5O/c1-3-18(4-2)12(20)7-8-15-13-16-11-6-5-10(14)9-19(11)17-13/h5-6,9H,3-4,7-8H2,1-2H3,(H,15,17). The van der Waals surface area contributed by atoms with Gasteiger partial charge in [0.15, 0.2) is 5.65 Å². The second-order valence-corrected chi connectivity index (χ2v) is 4.76. The van der Waals surface area contributed by atoms with Crippen LogP contribution in [0.3, 0.4) is 0 Å². The molecule has 108 valence electrons. The van der Waals surface area contributed by atoms with Gasteiger partial charge in [0.05, 0.1) is 5.02 Å². The molecule has 0 spiro atoms. The summed E-state index contributed by atoms with van der Waals surface area (Å²) in [7, 11) is 0. The second kappa shape index (κ2) is 6.56. The van der Waals surface area contributed by atoms with Crippen molar-refractivity contribution >= 4 is 29.1 Å². The van der Waals surface area contributed by atoms with Crippen LogP contribution in [-0.2, 0) is 4.79 Å². The number of carbonyl (C=O) groups excluding carboxylic acids is 1. The predicted molar refractivity (Wildman–Crippen MR) is 79.0 cm³/mol. The van der Waals surface area contributed by atoms with Crippen LogP contribution in [0.25, 0.3) is 5.65 Å². The largest absolute Gasteiger partial charge is 0.352 e. The number of carbonyl (C=O) groups is 1. The van der Waals surface area contributed by atoms with Crippen LogP contribution in [0.15, 0.2) is 18.3 Å². The van der Waals surface area contributed by atoms with Crippen LogP contribution >= 0.6 is 11.6 Å². The maximum atomic E-state index is 11.8. The highest BCUT2D eigenvalue weighted by Gasteiger charge is 2.09. The van der Waals surface area contributed by atoms with E-state index in [2.05, 4.69) is 15.4 Å². The van der Waals surface area contributed by atoms with Gasteiger partial charge in [0.2, 0.25) is 11.9 Å². The molecule has 0 aliphatic carbocycles. The van der Waals surface area contributed by atoms with Crippen LogP contribution in [-0.4, -0.2) is 45.0 Å². The minimum Gasteiger partial charge on any atom is -0.352 e. The number of rotatable bonds is 6. The fraction of sp³-hybridized carbons (Fsp3) is 0.462. The van der Waals surface area contributed by atoms with Crippen molar-refractivity contribution < 1.29 is 4.79 Å². The number of amides is 1. The third-order valence-electron chi connectivity index (χ3n) is 3.03. The smallest absolute Gasteiger partial charge is 0.243 e. The van der Waals surface area contributed by atoms with E-state index in [1.807, 2.05) is 13.8 Å². The summed E-state index contributed by atoms with van der Waals surface area (Å²) in [6.45, 7) is 5.94. The molecular formula is C13H18ClN5O. The summed E-state index contributed by atoms with van der Waals surface area (Å²) in [5.74, 6) is 0.633. The van der Waals surface area contributed by atoms with Crippen LogP contribution in [0.4, 0.5) is 5.95 Å². The van der Waals surface area contributed by atoms with E-state index in [1.165, 1.54) is 0 Å². The number of nitrogens with zero attached hydrogens (tertiary/aromatic N) is 4. The van der Waals surface area contributed by atoms with Gasteiger partial charge in [-0.3, -0.25) is 4.79 Å². The first kappa shape index (κ1) is 14.6. The lowest BCUT2D eigenvalue weighted by Crippen LogP contribution is -2.31. The molecule has 0 aliphatic heterocycles. The number of pyridine rings is 1. The lowest BCUT2D eigenvalue weighted by molar-refractivity contribution is -0.130. The molecule has 0 fully saturated rings. The Balaban J connectivity index is 1.91. The Morgan fingerprint density at radius 2 is 2.15 bits per heavy atom. The monoisotopic (exact) mass is 295 g/mol. The zero-order valence-electron chi connectivity index (χ0n) is 11.6. The van der Waals surface area contributed by atoms with Crippen molar-refractivity contribution in [3.63, 3.8) is 0 Å². The number of aromatic nitrogens is 3. The summed E-state index contributed by atoms with van der Waals surface area (Å²) >= 11 is 5.88. The van der Waals surface area contributed by atoms with Crippen LogP contribution in [0.2, 0.25) is 5.02 Å². The van der Waals surface area contributed by atoms with Crippen LogP contribution in [0.1, 0.15) is 20.3 Å². The van der Waals surface area contributed by atoms with Crippen molar-refractivity contribution in [2.45, 2.75) is 20.3 Å². The summed E-state index contributed by atoms with van der Waals surface area (Å²) in [6, 6.07) is 3.56. The highest BCUT2D eigenvalue weighted by atomic mass is 35.5. The molecule has 0 radical (unpaired) electrons. The van der Waals surface area contributed by atoms with E-state index in [4.69, 9.17) is 11.6 Å². The summed E-state index contributed by atoms with van der Waals surface area (Å²) in [5.41, 5.74) is 0.715. The zero-order valence-corrected chi connectivity index (χ0v) is 12.4. The van der Waals surface area contributed by atoms with Crippen LogP contribution in [0.5, 0.6) is 0 Å². The molecule has 7 heteroatoms. The fourth-order valence-corrected chi connectivity index (χ4v) is 2.10. The molecule has 20 heavy (non-hydrogen) atoms.